The fourth-order valence-corrected chi connectivity index (χ4v) is 2.75. The number of carbonyl (C=O) groups is 1. The SMILES string of the molecule is COCC(O)CN(C)C(=O)Nc1cccc2c1CCCC2. The van der Waals surface area contributed by atoms with Crippen LogP contribution in [0.15, 0.2) is 18.2 Å². The van der Waals surface area contributed by atoms with Crippen molar-refractivity contribution >= 4 is 11.7 Å². The molecule has 0 heterocycles. The van der Waals surface area contributed by atoms with Crippen molar-refractivity contribution in [3.05, 3.63) is 29.3 Å². The lowest BCUT2D eigenvalue weighted by Crippen LogP contribution is -2.39. The van der Waals surface area contributed by atoms with E-state index < -0.39 is 6.10 Å². The highest BCUT2D eigenvalue weighted by Gasteiger charge is 2.17. The van der Waals surface area contributed by atoms with Gasteiger partial charge in [-0.05, 0) is 42.9 Å². The first-order valence-electron chi connectivity index (χ1n) is 7.41. The molecule has 5 nitrogen and oxygen atoms in total. The summed E-state index contributed by atoms with van der Waals surface area (Å²) in [4.78, 5) is 13.7. The van der Waals surface area contributed by atoms with Gasteiger partial charge < -0.3 is 20.1 Å². The lowest BCUT2D eigenvalue weighted by Gasteiger charge is -2.23. The van der Waals surface area contributed by atoms with Crippen LogP contribution in [0.25, 0.3) is 0 Å². The molecule has 116 valence electrons. The summed E-state index contributed by atoms with van der Waals surface area (Å²) in [7, 11) is 3.20. The van der Waals surface area contributed by atoms with Gasteiger partial charge in [0.25, 0.3) is 0 Å². The molecule has 21 heavy (non-hydrogen) atoms. The number of hydrogen-bond donors (Lipinski definition) is 2. The van der Waals surface area contributed by atoms with Crippen molar-refractivity contribution in [2.75, 3.05) is 32.6 Å². The monoisotopic (exact) mass is 292 g/mol. The Morgan fingerprint density at radius 3 is 2.95 bits per heavy atom. The summed E-state index contributed by atoms with van der Waals surface area (Å²) in [6.07, 6.45) is 3.81. The maximum Gasteiger partial charge on any atom is 0.321 e. The van der Waals surface area contributed by atoms with E-state index in [-0.39, 0.29) is 19.2 Å². The van der Waals surface area contributed by atoms with Gasteiger partial charge in [-0.15, -0.1) is 0 Å². The molecule has 1 unspecified atom stereocenters. The summed E-state index contributed by atoms with van der Waals surface area (Å²) in [5.41, 5.74) is 3.48. The second kappa shape index (κ2) is 7.43. The van der Waals surface area contributed by atoms with Crippen LogP contribution in [0, 0.1) is 0 Å². The smallest absolute Gasteiger partial charge is 0.321 e. The molecule has 0 saturated carbocycles. The van der Waals surface area contributed by atoms with E-state index in [1.54, 1.807) is 7.05 Å². The molecular weight excluding hydrogens is 268 g/mol. The highest BCUT2D eigenvalue weighted by atomic mass is 16.5. The number of nitrogens with one attached hydrogen (secondary N) is 1. The summed E-state index contributed by atoms with van der Waals surface area (Å²) >= 11 is 0. The number of aliphatic hydroxyl groups excluding tert-OH is 1. The molecule has 0 aromatic heterocycles. The predicted octanol–water partition coefficient (Wildman–Crippen LogP) is 2.04. The third-order valence-corrected chi connectivity index (χ3v) is 3.83. The molecule has 1 atom stereocenters. The molecule has 0 bridgehead atoms. The van der Waals surface area contributed by atoms with Crippen molar-refractivity contribution in [1.29, 1.82) is 0 Å². The van der Waals surface area contributed by atoms with E-state index in [9.17, 15) is 9.90 Å². The van der Waals surface area contributed by atoms with Crippen molar-refractivity contribution in [3.8, 4) is 0 Å². The van der Waals surface area contributed by atoms with E-state index in [4.69, 9.17) is 4.74 Å². The molecule has 1 aromatic carbocycles. The van der Waals surface area contributed by atoms with Crippen molar-refractivity contribution in [1.82, 2.24) is 4.90 Å². The first kappa shape index (κ1) is 15.8. The number of aryl methyl sites for hydroxylation is 1. The highest BCUT2D eigenvalue weighted by molar-refractivity contribution is 5.90. The van der Waals surface area contributed by atoms with Crippen LogP contribution in [-0.2, 0) is 17.6 Å². The van der Waals surface area contributed by atoms with Gasteiger partial charge in [-0.1, -0.05) is 12.1 Å². The minimum absolute atomic E-state index is 0.205. The number of methoxy groups -OCH3 is 1. The normalized spacial score (nSPS) is 15.2. The molecule has 0 saturated heterocycles. The average molecular weight is 292 g/mol. The van der Waals surface area contributed by atoms with Gasteiger partial charge in [0.2, 0.25) is 0 Å². The number of fused-ring (bicyclic) bond motifs is 1. The van der Waals surface area contributed by atoms with Crippen molar-refractivity contribution < 1.29 is 14.6 Å². The Bertz CT molecular complexity index is 490. The van der Waals surface area contributed by atoms with Crippen LogP contribution in [0.3, 0.4) is 0 Å². The van der Waals surface area contributed by atoms with Gasteiger partial charge in [-0.25, -0.2) is 4.79 Å². The van der Waals surface area contributed by atoms with Crippen molar-refractivity contribution in [2.45, 2.75) is 31.8 Å². The van der Waals surface area contributed by atoms with E-state index in [0.717, 1.165) is 18.5 Å². The summed E-state index contributed by atoms with van der Waals surface area (Å²) in [5, 5.41) is 12.6. The molecule has 0 aliphatic heterocycles. The number of hydrogen-bond acceptors (Lipinski definition) is 3. The van der Waals surface area contributed by atoms with E-state index >= 15 is 0 Å². The molecular formula is C16H24N2O3. The van der Waals surface area contributed by atoms with Crippen molar-refractivity contribution in [3.63, 3.8) is 0 Å². The van der Waals surface area contributed by atoms with E-state index in [1.807, 2.05) is 12.1 Å². The Morgan fingerprint density at radius 1 is 1.43 bits per heavy atom. The molecule has 2 rings (SSSR count). The minimum atomic E-state index is -0.671. The molecule has 0 radical (unpaired) electrons. The Kier molecular flexibility index (Phi) is 5.59. The number of amides is 2. The van der Waals surface area contributed by atoms with Crippen molar-refractivity contribution in [2.24, 2.45) is 0 Å². The van der Waals surface area contributed by atoms with Gasteiger partial charge in [0.05, 0.1) is 19.3 Å². The number of carbonyl (C=O) groups excluding carboxylic acids is 1. The Hall–Kier alpha value is -1.59. The topological polar surface area (TPSA) is 61.8 Å². The lowest BCUT2D eigenvalue weighted by molar-refractivity contribution is 0.0501. The van der Waals surface area contributed by atoms with E-state index in [0.29, 0.717) is 0 Å². The number of anilines is 1. The predicted molar refractivity (Wildman–Crippen MR) is 82.6 cm³/mol. The molecule has 0 spiro atoms. The van der Waals surface area contributed by atoms with Crippen LogP contribution in [0.4, 0.5) is 10.5 Å². The second-order valence-electron chi connectivity index (χ2n) is 5.57. The lowest BCUT2D eigenvalue weighted by atomic mass is 9.90. The third kappa shape index (κ3) is 4.19. The minimum Gasteiger partial charge on any atom is -0.389 e. The summed E-state index contributed by atoms with van der Waals surface area (Å²) < 4.78 is 4.87. The number of likely N-dealkylation sites (N-methyl/N-ethyl adjacent to an activating group) is 1. The zero-order valence-corrected chi connectivity index (χ0v) is 12.8. The third-order valence-electron chi connectivity index (χ3n) is 3.83. The molecule has 5 heteroatoms. The van der Waals surface area contributed by atoms with Crippen LogP contribution in [-0.4, -0.2) is 49.5 Å². The largest absolute Gasteiger partial charge is 0.389 e. The summed E-state index contributed by atoms with van der Waals surface area (Å²) in [5.74, 6) is 0. The Labute approximate surface area is 125 Å². The van der Waals surface area contributed by atoms with Crippen LogP contribution in [0.5, 0.6) is 0 Å². The van der Waals surface area contributed by atoms with Gasteiger partial charge in [0, 0.05) is 19.8 Å². The number of ether oxygens (including phenoxy) is 1. The maximum atomic E-state index is 12.2. The quantitative estimate of drug-likeness (QED) is 0.873. The second-order valence-corrected chi connectivity index (χ2v) is 5.57. The highest BCUT2D eigenvalue weighted by Crippen LogP contribution is 2.27. The number of benzene rings is 1. The van der Waals surface area contributed by atoms with Gasteiger partial charge >= 0.3 is 6.03 Å². The van der Waals surface area contributed by atoms with Crippen LogP contribution >= 0.6 is 0 Å². The molecule has 1 aromatic rings. The summed E-state index contributed by atoms with van der Waals surface area (Å²) in [6.45, 7) is 0.465. The van der Waals surface area contributed by atoms with Crippen LogP contribution in [0.1, 0.15) is 24.0 Å². The van der Waals surface area contributed by atoms with E-state index in [2.05, 4.69) is 11.4 Å². The number of urea groups is 1. The van der Waals surface area contributed by atoms with Gasteiger partial charge in [0.15, 0.2) is 0 Å². The maximum absolute atomic E-state index is 12.2. The average Bonchev–Trinajstić information content (AvgIpc) is 2.47. The van der Waals surface area contributed by atoms with Crippen LogP contribution < -0.4 is 5.32 Å². The molecule has 2 amide bonds. The zero-order chi connectivity index (χ0) is 15.2. The van der Waals surface area contributed by atoms with Crippen LogP contribution in [0.2, 0.25) is 0 Å². The Morgan fingerprint density at radius 2 is 2.19 bits per heavy atom. The van der Waals surface area contributed by atoms with Gasteiger partial charge in [-0.2, -0.15) is 0 Å². The van der Waals surface area contributed by atoms with Gasteiger partial charge in [0.1, 0.15) is 0 Å². The molecule has 1 aliphatic carbocycles. The first-order chi connectivity index (χ1) is 10.1. The first-order valence-corrected chi connectivity index (χ1v) is 7.41. The fourth-order valence-electron chi connectivity index (χ4n) is 2.75. The standard InChI is InChI=1S/C16H24N2O3/c1-18(10-13(19)11-21-2)16(20)17-15-9-5-7-12-6-3-4-8-14(12)15/h5,7,9,13,19H,3-4,6,8,10-11H2,1-2H3,(H,17,20). The molecule has 1 aliphatic rings. The number of aliphatic hydroxyl groups is 1. The summed E-state index contributed by atoms with van der Waals surface area (Å²) in [6, 6.07) is 5.86. The fraction of sp³-hybridized carbons (Fsp3) is 0.562. The number of rotatable bonds is 5. The Balaban J connectivity index is 1.99. The molecule has 0 fully saturated rings. The zero-order valence-electron chi connectivity index (χ0n) is 12.8. The molecule has 2 N–H and O–H groups in total. The van der Waals surface area contributed by atoms with E-state index in [1.165, 1.54) is 36.0 Å². The van der Waals surface area contributed by atoms with Gasteiger partial charge in [-0.3, -0.25) is 0 Å². The number of nitrogens with zero attached hydrogens (tertiary/aromatic N) is 1.